The van der Waals surface area contributed by atoms with Crippen LogP contribution in [-0.2, 0) is 31.2 Å². The highest BCUT2D eigenvalue weighted by Gasteiger charge is 2.25. The van der Waals surface area contributed by atoms with Gasteiger partial charge in [0, 0.05) is 24.3 Å². The van der Waals surface area contributed by atoms with Crippen LogP contribution in [0.4, 0.5) is 11.4 Å². The number of sulfone groups is 2. The minimum absolute atomic E-state index is 0.0870. The molecule has 4 aromatic rings. The standard InChI is InChI=1S/2C13H12N2O5S/c2*1-20-13-8-7-12(15(16)17)11(14-13)9-21(18,19)10-5-3-2-4-6-10/h2*2-8H,9H2,1H3. The molecule has 16 heteroatoms. The number of benzene rings is 2. The topological polar surface area (TPSA) is 199 Å². The fourth-order valence-electron chi connectivity index (χ4n) is 3.50. The molecule has 0 bridgehead atoms. The predicted octanol–water partition coefficient (Wildman–Crippen LogP) is 3.94. The number of nitrogens with zero attached hydrogens (tertiary/aromatic N) is 4. The van der Waals surface area contributed by atoms with Crippen molar-refractivity contribution in [2.45, 2.75) is 21.3 Å². The second-order valence-corrected chi connectivity index (χ2v) is 12.3. The molecule has 4 rings (SSSR count). The van der Waals surface area contributed by atoms with Gasteiger partial charge in [-0.15, -0.1) is 0 Å². The Morgan fingerprint density at radius 2 is 0.929 bits per heavy atom. The van der Waals surface area contributed by atoms with E-state index in [0.717, 1.165) is 0 Å². The summed E-state index contributed by atoms with van der Waals surface area (Å²) in [6.45, 7) is 0. The van der Waals surface area contributed by atoms with Crippen LogP contribution in [-0.4, -0.2) is 50.9 Å². The number of hydrogen-bond donors (Lipinski definition) is 0. The third-order valence-corrected chi connectivity index (χ3v) is 8.81. The van der Waals surface area contributed by atoms with E-state index in [1.807, 2.05) is 0 Å². The Bertz CT molecular complexity index is 1650. The van der Waals surface area contributed by atoms with Gasteiger partial charge in [0.15, 0.2) is 19.7 Å². The Morgan fingerprint density at radius 1 is 0.595 bits per heavy atom. The van der Waals surface area contributed by atoms with Crippen LogP contribution in [0.3, 0.4) is 0 Å². The van der Waals surface area contributed by atoms with Gasteiger partial charge < -0.3 is 9.47 Å². The second-order valence-electron chi connectivity index (χ2n) is 8.30. The first kappa shape index (κ1) is 31.6. The summed E-state index contributed by atoms with van der Waals surface area (Å²) in [6, 6.07) is 20.4. The minimum Gasteiger partial charge on any atom is -0.481 e. The van der Waals surface area contributed by atoms with Crippen molar-refractivity contribution >= 4 is 31.0 Å². The highest BCUT2D eigenvalue weighted by Crippen LogP contribution is 2.26. The zero-order valence-corrected chi connectivity index (χ0v) is 23.8. The minimum atomic E-state index is -3.72. The molecule has 0 unspecified atom stereocenters. The Hall–Kier alpha value is -4.96. The van der Waals surface area contributed by atoms with E-state index in [2.05, 4.69) is 9.97 Å². The summed E-state index contributed by atoms with van der Waals surface area (Å²) in [5.41, 5.74) is -1.00. The number of methoxy groups -OCH3 is 2. The van der Waals surface area contributed by atoms with Crippen LogP contribution < -0.4 is 9.47 Å². The van der Waals surface area contributed by atoms with Crippen molar-refractivity contribution < 1.29 is 36.2 Å². The molecule has 0 saturated heterocycles. The summed E-state index contributed by atoms with van der Waals surface area (Å²) >= 11 is 0. The van der Waals surface area contributed by atoms with E-state index < -0.39 is 41.0 Å². The molecule has 0 atom stereocenters. The molecule has 0 N–H and O–H groups in total. The lowest BCUT2D eigenvalue weighted by Gasteiger charge is -2.06. The normalized spacial score (nSPS) is 11.1. The Morgan fingerprint density at radius 3 is 1.21 bits per heavy atom. The van der Waals surface area contributed by atoms with Crippen molar-refractivity contribution in [2.75, 3.05) is 14.2 Å². The largest absolute Gasteiger partial charge is 0.481 e. The van der Waals surface area contributed by atoms with E-state index >= 15 is 0 Å². The van der Waals surface area contributed by atoms with Gasteiger partial charge in [-0.05, 0) is 24.3 Å². The zero-order chi connectivity index (χ0) is 30.9. The molecule has 42 heavy (non-hydrogen) atoms. The predicted molar refractivity (Wildman–Crippen MR) is 150 cm³/mol. The lowest BCUT2D eigenvalue weighted by molar-refractivity contribution is -0.386. The molecule has 0 aliphatic heterocycles. The monoisotopic (exact) mass is 616 g/mol. The van der Waals surface area contributed by atoms with Gasteiger partial charge in [-0.3, -0.25) is 20.2 Å². The van der Waals surface area contributed by atoms with E-state index in [4.69, 9.17) is 9.47 Å². The Kier molecular flexibility index (Phi) is 10.2. The van der Waals surface area contributed by atoms with Crippen molar-refractivity contribution in [3.63, 3.8) is 0 Å². The summed E-state index contributed by atoms with van der Waals surface area (Å²) in [5, 5.41) is 21.9. The first-order valence-electron chi connectivity index (χ1n) is 11.8. The summed E-state index contributed by atoms with van der Waals surface area (Å²) in [7, 11) is -4.73. The molecule has 0 amide bonds. The van der Waals surface area contributed by atoms with Gasteiger partial charge >= 0.3 is 0 Å². The molecule has 0 fully saturated rings. The van der Waals surface area contributed by atoms with Crippen molar-refractivity contribution in [2.24, 2.45) is 0 Å². The summed E-state index contributed by atoms with van der Waals surface area (Å²) < 4.78 is 58.9. The van der Waals surface area contributed by atoms with Gasteiger partial charge in [0.05, 0.1) is 33.9 Å². The van der Waals surface area contributed by atoms with Crippen LogP contribution in [0, 0.1) is 20.2 Å². The molecular weight excluding hydrogens is 592 g/mol. The molecule has 0 saturated carbocycles. The van der Waals surface area contributed by atoms with Crippen molar-refractivity contribution in [1.82, 2.24) is 9.97 Å². The molecule has 220 valence electrons. The van der Waals surface area contributed by atoms with Gasteiger partial charge in [0.2, 0.25) is 11.8 Å². The Balaban J connectivity index is 0.000000230. The summed E-state index contributed by atoms with van der Waals surface area (Å²) in [4.78, 5) is 28.6. The zero-order valence-electron chi connectivity index (χ0n) is 22.2. The molecule has 0 aliphatic rings. The SMILES string of the molecule is COc1ccc([N+](=O)[O-])c(CS(=O)(=O)c2ccccc2)n1.COc1ccc([N+](=O)[O-])c(CS(=O)(=O)c2ccccc2)n1. The number of nitro groups is 2. The van der Waals surface area contributed by atoms with E-state index in [9.17, 15) is 37.1 Å². The molecule has 2 heterocycles. The molecular formula is C26H24N4O10S2. The van der Waals surface area contributed by atoms with Crippen LogP contribution >= 0.6 is 0 Å². The van der Waals surface area contributed by atoms with Crippen LogP contribution in [0.5, 0.6) is 11.8 Å². The summed E-state index contributed by atoms with van der Waals surface area (Å²) in [6.07, 6.45) is 0. The molecule has 0 aliphatic carbocycles. The van der Waals surface area contributed by atoms with Gasteiger partial charge in [0.1, 0.15) is 22.9 Å². The van der Waals surface area contributed by atoms with E-state index in [0.29, 0.717) is 0 Å². The maximum atomic E-state index is 12.3. The second kappa shape index (κ2) is 13.6. The van der Waals surface area contributed by atoms with Gasteiger partial charge in [-0.2, -0.15) is 0 Å². The number of rotatable bonds is 10. The van der Waals surface area contributed by atoms with Crippen LogP contribution in [0.15, 0.2) is 94.7 Å². The summed E-state index contributed by atoms with van der Waals surface area (Å²) in [5.74, 6) is -0.882. The van der Waals surface area contributed by atoms with Crippen molar-refractivity contribution in [3.8, 4) is 11.8 Å². The first-order chi connectivity index (χ1) is 19.9. The maximum absolute atomic E-state index is 12.3. The van der Waals surface area contributed by atoms with Gasteiger partial charge in [-0.25, -0.2) is 26.8 Å². The van der Waals surface area contributed by atoms with Gasteiger partial charge in [0.25, 0.3) is 11.4 Å². The van der Waals surface area contributed by atoms with E-state index in [1.165, 1.54) is 62.8 Å². The third-order valence-electron chi connectivity index (χ3n) is 5.52. The number of pyridine rings is 2. The average Bonchev–Trinajstić information content (AvgIpc) is 2.97. The molecule has 0 spiro atoms. The van der Waals surface area contributed by atoms with Crippen LogP contribution in [0.25, 0.3) is 0 Å². The van der Waals surface area contributed by atoms with Gasteiger partial charge in [-0.1, -0.05) is 36.4 Å². The van der Waals surface area contributed by atoms with Crippen LogP contribution in [0.2, 0.25) is 0 Å². The highest BCUT2D eigenvalue weighted by molar-refractivity contribution is 7.91. The van der Waals surface area contributed by atoms with Crippen molar-refractivity contribution in [3.05, 3.63) is 117 Å². The van der Waals surface area contributed by atoms with E-state index in [1.54, 1.807) is 36.4 Å². The lowest BCUT2D eigenvalue weighted by Crippen LogP contribution is -2.09. The van der Waals surface area contributed by atoms with Crippen LogP contribution in [0.1, 0.15) is 11.4 Å². The maximum Gasteiger partial charge on any atom is 0.292 e. The third kappa shape index (κ3) is 8.05. The molecule has 14 nitrogen and oxygen atoms in total. The fourth-order valence-corrected chi connectivity index (χ4v) is 6.12. The number of aromatic nitrogens is 2. The molecule has 2 aromatic heterocycles. The first-order valence-corrected chi connectivity index (χ1v) is 15.1. The lowest BCUT2D eigenvalue weighted by atomic mass is 10.3. The quantitative estimate of drug-likeness (QED) is 0.184. The number of hydrogen-bond acceptors (Lipinski definition) is 12. The smallest absolute Gasteiger partial charge is 0.292 e. The average molecular weight is 617 g/mol. The fraction of sp³-hybridized carbons (Fsp3) is 0.154. The molecule has 0 radical (unpaired) electrons. The van der Waals surface area contributed by atoms with Crippen molar-refractivity contribution in [1.29, 1.82) is 0 Å². The molecule has 2 aromatic carbocycles. The highest BCUT2D eigenvalue weighted by atomic mass is 32.2. The number of ether oxygens (including phenoxy) is 2. The Labute approximate surface area is 240 Å². The van der Waals surface area contributed by atoms with E-state index in [-0.39, 0.29) is 44.3 Å².